The molecule has 0 radical (unpaired) electrons. The molecule has 7 nitrogen and oxygen atoms in total. The first-order valence-electron chi connectivity index (χ1n) is 9.64. The maximum Gasteiger partial charge on any atom is 0.246 e. The molecule has 162 valence electrons. The van der Waals surface area contributed by atoms with Crippen molar-refractivity contribution in [2.45, 2.75) is 13.0 Å². The molecule has 2 aromatic rings. The summed E-state index contributed by atoms with van der Waals surface area (Å²) in [5, 5.41) is 0. The molecule has 1 aliphatic rings. The summed E-state index contributed by atoms with van der Waals surface area (Å²) in [4.78, 5) is 16.9. The molecule has 0 spiro atoms. The van der Waals surface area contributed by atoms with Crippen LogP contribution in [0.25, 0.3) is 0 Å². The fourth-order valence-corrected chi connectivity index (χ4v) is 4.90. The molecule has 1 saturated heterocycles. The highest BCUT2D eigenvalue weighted by atomic mass is 32.2. The summed E-state index contributed by atoms with van der Waals surface area (Å²) in [6.07, 6.45) is 1.02. The second kappa shape index (κ2) is 8.91. The van der Waals surface area contributed by atoms with E-state index in [-0.39, 0.29) is 11.6 Å². The molecule has 0 aromatic heterocycles. The van der Waals surface area contributed by atoms with Crippen LogP contribution in [0.4, 0.5) is 15.8 Å². The summed E-state index contributed by atoms with van der Waals surface area (Å²) in [5.74, 6) is -0.115. The highest BCUT2D eigenvalue weighted by Crippen LogP contribution is 2.29. The van der Waals surface area contributed by atoms with E-state index in [0.29, 0.717) is 26.2 Å². The number of para-hydroxylation sites is 2. The van der Waals surface area contributed by atoms with Gasteiger partial charge in [-0.15, -0.1) is 0 Å². The van der Waals surface area contributed by atoms with Crippen LogP contribution < -0.4 is 13.9 Å². The number of carbonyl (C=O) groups excluding carboxylic acids is 1. The number of sulfonamides is 1. The third kappa shape index (κ3) is 4.67. The minimum Gasteiger partial charge on any atom is -0.495 e. The fourth-order valence-electron chi connectivity index (χ4n) is 3.74. The SMILES string of the molecule is COc1ccccc1N1CCN(C(=O)[C@@H](C)N(c2cccc(F)c2)S(C)(=O)=O)CC1. The molecule has 1 atom stereocenters. The van der Waals surface area contributed by atoms with Gasteiger partial charge in [0.2, 0.25) is 15.9 Å². The Morgan fingerprint density at radius 1 is 1.10 bits per heavy atom. The monoisotopic (exact) mass is 435 g/mol. The van der Waals surface area contributed by atoms with Crippen LogP contribution in [-0.2, 0) is 14.8 Å². The van der Waals surface area contributed by atoms with E-state index in [1.54, 1.807) is 12.0 Å². The molecule has 0 aliphatic carbocycles. The second-order valence-electron chi connectivity index (χ2n) is 7.20. The highest BCUT2D eigenvalue weighted by molar-refractivity contribution is 7.92. The van der Waals surface area contributed by atoms with Gasteiger partial charge in [-0.2, -0.15) is 0 Å². The molecule has 0 unspecified atom stereocenters. The Morgan fingerprint density at radius 2 is 1.77 bits per heavy atom. The third-order valence-electron chi connectivity index (χ3n) is 5.15. The van der Waals surface area contributed by atoms with Crippen LogP contribution in [0.2, 0.25) is 0 Å². The number of piperazine rings is 1. The first-order chi connectivity index (χ1) is 14.2. The average Bonchev–Trinajstić information content (AvgIpc) is 2.72. The summed E-state index contributed by atoms with van der Waals surface area (Å²) < 4.78 is 44.8. The number of anilines is 2. The van der Waals surface area contributed by atoms with Gasteiger partial charge in [-0.3, -0.25) is 9.10 Å². The Kier molecular flexibility index (Phi) is 6.50. The molecule has 1 fully saturated rings. The van der Waals surface area contributed by atoms with Crippen LogP contribution in [0.15, 0.2) is 48.5 Å². The highest BCUT2D eigenvalue weighted by Gasteiger charge is 2.33. The van der Waals surface area contributed by atoms with E-state index in [2.05, 4.69) is 4.90 Å². The molecule has 0 N–H and O–H groups in total. The van der Waals surface area contributed by atoms with Crippen LogP contribution >= 0.6 is 0 Å². The third-order valence-corrected chi connectivity index (χ3v) is 6.39. The van der Waals surface area contributed by atoms with Gasteiger partial charge in [0.15, 0.2) is 0 Å². The number of carbonyl (C=O) groups is 1. The number of ether oxygens (including phenoxy) is 1. The molecule has 30 heavy (non-hydrogen) atoms. The Labute approximate surface area is 176 Å². The number of hydrogen-bond acceptors (Lipinski definition) is 5. The lowest BCUT2D eigenvalue weighted by Crippen LogP contribution is -2.55. The van der Waals surface area contributed by atoms with E-state index in [1.807, 2.05) is 24.3 Å². The van der Waals surface area contributed by atoms with Crippen molar-refractivity contribution < 1.29 is 22.3 Å². The Bertz CT molecular complexity index is 1010. The molecule has 0 saturated carbocycles. The number of rotatable bonds is 6. The molecular weight excluding hydrogens is 409 g/mol. The van der Waals surface area contributed by atoms with Gasteiger partial charge in [-0.25, -0.2) is 12.8 Å². The van der Waals surface area contributed by atoms with Crippen molar-refractivity contribution >= 4 is 27.3 Å². The lowest BCUT2D eigenvalue weighted by atomic mass is 10.2. The first-order valence-corrected chi connectivity index (χ1v) is 11.5. The predicted octanol–water partition coefficient (Wildman–Crippen LogP) is 2.34. The summed E-state index contributed by atoms with van der Waals surface area (Å²) in [7, 11) is -2.17. The quantitative estimate of drug-likeness (QED) is 0.697. The van der Waals surface area contributed by atoms with Crippen LogP contribution in [-0.4, -0.2) is 64.8 Å². The molecule has 0 bridgehead atoms. The van der Waals surface area contributed by atoms with Crippen molar-refractivity contribution in [2.75, 3.05) is 48.7 Å². The van der Waals surface area contributed by atoms with Gasteiger partial charge in [0.1, 0.15) is 17.6 Å². The number of amides is 1. The summed E-state index contributed by atoms with van der Waals surface area (Å²) in [5.41, 5.74) is 1.09. The largest absolute Gasteiger partial charge is 0.495 e. The zero-order valence-electron chi connectivity index (χ0n) is 17.3. The summed E-state index contributed by atoms with van der Waals surface area (Å²) in [6, 6.07) is 11.9. The van der Waals surface area contributed by atoms with E-state index in [4.69, 9.17) is 4.74 Å². The maximum absolute atomic E-state index is 13.7. The van der Waals surface area contributed by atoms with E-state index in [9.17, 15) is 17.6 Å². The van der Waals surface area contributed by atoms with Gasteiger partial charge < -0.3 is 14.5 Å². The van der Waals surface area contributed by atoms with Gasteiger partial charge >= 0.3 is 0 Å². The van der Waals surface area contributed by atoms with E-state index in [1.165, 1.54) is 25.1 Å². The van der Waals surface area contributed by atoms with Gasteiger partial charge in [0.25, 0.3) is 0 Å². The topological polar surface area (TPSA) is 70.2 Å². The number of nitrogens with zero attached hydrogens (tertiary/aromatic N) is 3. The zero-order chi connectivity index (χ0) is 21.9. The normalized spacial score (nSPS) is 15.6. The van der Waals surface area contributed by atoms with Crippen molar-refractivity contribution in [3.05, 3.63) is 54.3 Å². The van der Waals surface area contributed by atoms with Crippen molar-refractivity contribution in [1.29, 1.82) is 0 Å². The second-order valence-corrected chi connectivity index (χ2v) is 9.06. The van der Waals surface area contributed by atoms with Gasteiger partial charge in [-0.05, 0) is 37.3 Å². The molecule has 1 aliphatic heterocycles. The average molecular weight is 436 g/mol. The van der Waals surface area contributed by atoms with E-state index < -0.39 is 21.9 Å². The number of benzene rings is 2. The molecular formula is C21H26FN3O4S. The molecule has 1 amide bonds. The number of halogens is 1. The van der Waals surface area contributed by atoms with Crippen LogP contribution in [0.1, 0.15) is 6.92 Å². The van der Waals surface area contributed by atoms with Gasteiger partial charge in [0, 0.05) is 26.2 Å². The van der Waals surface area contributed by atoms with Crippen LogP contribution in [0.3, 0.4) is 0 Å². The van der Waals surface area contributed by atoms with E-state index >= 15 is 0 Å². The zero-order valence-corrected chi connectivity index (χ0v) is 18.1. The summed E-state index contributed by atoms with van der Waals surface area (Å²) in [6.45, 7) is 3.61. The molecule has 3 rings (SSSR count). The minimum absolute atomic E-state index is 0.131. The summed E-state index contributed by atoms with van der Waals surface area (Å²) >= 11 is 0. The van der Waals surface area contributed by atoms with Crippen LogP contribution in [0, 0.1) is 5.82 Å². The Balaban J connectivity index is 1.74. The first kappa shape index (κ1) is 21.9. The van der Waals surface area contributed by atoms with E-state index in [0.717, 1.165) is 28.1 Å². The molecule has 2 aromatic carbocycles. The van der Waals surface area contributed by atoms with Crippen molar-refractivity contribution in [3.63, 3.8) is 0 Å². The Morgan fingerprint density at radius 3 is 2.37 bits per heavy atom. The molecule has 1 heterocycles. The van der Waals surface area contributed by atoms with Crippen molar-refractivity contribution in [2.24, 2.45) is 0 Å². The smallest absolute Gasteiger partial charge is 0.246 e. The number of methoxy groups -OCH3 is 1. The van der Waals surface area contributed by atoms with Crippen molar-refractivity contribution in [3.8, 4) is 5.75 Å². The maximum atomic E-state index is 13.7. The lowest BCUT2D eigenvalue weighted by molar-refractivity contribution is -0.132. The fraction of sp³-hybridized carbons (Fsp3) is 0.381. The lowest BCUT2D eigenvalue weighted by Gasteiger charge is -2.39. The van der Waals surface area contributed by atoms with Gasteiger partial charge in [-0.1, -0.05) is 18.2 Å². The molecule has 9 heteroatoms. The standard InChI is InChI=1S/C21H26FN3O4S/c1-16(25(30(3,27)28)18-8-6-7-17(22)15-18)21(26)24-13-11-23(12-14-24)19-9-4-5-10-20(19)29-2/h4-10,15-16H,11-14H2,1-3H3/t16-/m1/s1. The Hall–Kier alpha value is -2.81. The number of hydrogen-bond donors (Lipinski definition) is 0. The van der Waals surface area contributed by atoms with Crippen molar-refractivity contribution in [1.82, 2.24) is 4.90 Å². The van der Waals surface area contributed by atoms with Crippen LogP contribution in [0.5, 0.6) is 5.75 Å². The van der Waals surface area contributed by atoms with Gasteiger partial charge in [0.05, 0.1) is 24.7 Å². The predicted molar refractivity (Wildman–Crippen MR) is 115 cm³/mol. The minimum atomic E-state index is -3.79.